The van der Waals surface area contributed by atoms with E-state index in [1.807, 2.05) is 19.1 Å². The maximum absolute atomic E-state index is 11.3. The molecule has 0 amide bonds. The molecule has 1 aromatic heterocycles. The molecule has 1 unspecified atom stereocenters. The summed E-state index contributed by atoms with van der Waals surface area (Å²) >= 11 is 0. The van der Waals surface area contributed by atoms with Crippen molar-refractivity contribution >= 4 is 5.97 Å². The molecule has 0 fully saturated rings. The van der Waals surface area contributed by atoms with E-state index in [9.17, 15) is 4.79 Å². The molecule has 5 nitrogen and oxygen atoms in total. The van der Waals surface area contributed by atoms with Gasteiger partial charge in [0, 0.05) is 12.6 Å². The number of ether oxygens (including phenoxy) is 2. The van der Waals surface area contributed by atoms with Crippen LogP contribution in [0.1, 0.15) is 39.0 Å². The van der Waals surface area contributed by atoms with Gasteiger partial charge < -0.3 is 15.2 Å². The van der Waals surface area contributed by atoms with Gasteiger partial charge in [-0.2, -0.15) is 0 Å². The summed E-state index contributed by atoms with van der Waals surface area (Å²) in [5.74, 6) is 0.608. The zero-order valence-corrected chi connectivity index (χ0v) is 12.1. The minimum absolute atomic E-state index is 0.0668. The average molecular weight is 280 g/mol. The van der Waals surface area contributed by atoms with E-state index in [0.717, 1.165) is 31.4 Å². The molecule has 0 aliphatic carbocycles. The zero-order valence-electron chi connectivity index (χ0n) is 12.1. The van der Waals surface area contributed by atoms with Crippen LogP contribution in [0.2, 0.25) is 0 Å². The Kier molecular flexibility index (Phi) is 8.38. The van der Waals surface area contributed by atoms with E-state index < -0.39 is 0 Å². The quantitative estimate of drug-likeness (QED) is 0.666. The number of hydrogen-bond donors (Lipinski definition) is 1. The Morgan fingerprint density at radius 2 is 2.20 bits per heavy atom. The first-order valence-corrected chi connectivity index (χ1v) is 7.18. The molecule has 0 aliphatic rings. The van der Waals surface area contributed by atoms with Gasteiger partial charge in [0.05, 0.1) is 18.9 Å². The Hall–Kier alpha value is -1.62. The lowest BCUT2D eigenvalue weighted by Crippen LogP contribution is -2.19. The number of pyridine rings is 1. The number of nitrogens with two attached hydrogens (primary N) is 1. The second-order valence-electron chi connectivity index (χ2n) is 4.56. The number of hydrogen-bond acceptors (Lipinski definition) is 5. The van der Waals surface area contributed by atoms with Crippen molar-refractivity contribution < 1.29 is 14.3 Å². The summed E-state index contributed by atoms with van der Waals surface area (Å²) in [4.78, 5) is 15.3. The normalized spacial score (nSPS) is 11.9. The predicted molar refractivity (Wildman–Crippen MR) is 77.4 cm³/mol. The Morgan fingerprint density at radius 3 is 2.85 bits per heavy atom. The van der Waals surface area contributed by atoms with Crippen molar-refractivity contribution in [1.29, 1.82) is 0 Å². The summed E-state index contributed by atoms with van der Waals surface area (Å²) in [5, 5.41) is 0. The van der Waals surface area contributed by atoms with Crippen LogP contribution in [0.15, 0.2) is 24.5 Å². The van der Waals surface area contributed by atoms with E-state index in [1.54, 1.807) is 12.4 Å². The Labute approximate surface area is 120 Å². The van der Waals surface area contributed by atoms with Crippen LogP contribution in [0.3, 0.4) is 0 Å². The van der Waals surface area contributed by atoms with E-state index in [-0.39, 0.29) is 12.1 Å². The summed E-state index contributed by atoms with van der Waals surface area (Å²) in [7, 11) is 0. The topological polar surface area (TPSA) is 74.4 Å². The molecule has 1 heterocycles. The van der Waals surface area contributed by atoms with Gasteiger partial charge in [-0.15, -0.1) is 0 Å². The molecular formula is C15H24N2O3. The van der Waals surface area contributed by atoms with E-state index >= 15 is 0 Å². The van der Waals surface area contributed by atoms with Gasteiger partial charge in [-0.3, -0.25) is 9.78 Å². The third kappa shape index (κ3) is 7.09. The average Bonchev–Trinajstić information content (AvgIpc) is 2.46. The third-order valence-corrected chi connectivity index (χ3v) is 2.88. The minimum atomic E-state index is -0.147. The summed E-state index contributed by atoms with van der Waals surface area (Å²) < 4.78 is 10.8. The number of esters is 1. The van der Waals surface area contributed by atoms with Crippen LogP contribution in [-0.2, 0) is 9.53 Å². The highest BCUT2D eigenvalue weighted by Gasteiger charge is 2.12. The Morgan fingerprint density at radius 1 is 1.40 bits per heavy atom. The van der Waals surface area contributed by atoms with Gasteiger partial charge in [-0.1, -0.05) is 0 Å². The predicted octanol–water partition coefficient (Wildman–Crippen LogP) is 2.30. The first-order valence-electron chi connectivity index (χ1n) is 7.18. The second-order valence-corrected chi connectivity index (χ2v) is 4.56. The number of rotatable bonds is 10. The van der Waals surface area contributed by atoms with Crippen molar-refractivity contribution in [2.75, 3.05) is 13.2 Å². The molecule has 5 heteroatoms. The minimum Gasteiger partial charge on any atom is -0.489 e. The third-order valence-electron chi connectivity index (χ3n) is 2.88. The molecular weight excluding hydrogens is 256 g/mol. The van der Waals surface area contributed by atoms with Crippen LogP contribution in [0.5, 0.6) is 5.75 Å². The van der Waals surface area contributed by atoms with Crippen LogP contribution in [0, 0.1) is 0 Å². The van der Waals surface area contributed by atoms with Crippen molar-refractivity contribution in [1.82, 2.24) is 4.98 Å². The summed E-state index contributed by atoms with van der Waals surface area (Å²) in [5.41, 5.74) is 5.54. The molecule has 2 N–H and O–H groups in total. The molecule has 0 aliphatic heterocycles. The molecule has 0 bridgehead atoms. The fourth-order valence-corrected chi connectivity index (χ4v) is 1.92. The Balaban J connectivity index is 2.37. The van der Waals surface area contributed by atoms with Gasteiger partial charge >= 0.3 is 5.97 Å². The maximum Gasteiger partial charge on any atom is 0.305 e. The molecule has 0 spiro atoms. The highest BCUT2D eigenvalue weighted by Crippen LogP contribution is 2.16. The molecule has 0 radical (unpaired) electrons. The van der Waals surface area contributed by atoms with Gasteiger partial charge in [0.1, 0.15) is 5.75 Å². The number of nitrogens with zero attached hydrogens (tertiary/aromatic N) is 1. The van der Waals surface area contributed by atoms with Crippen LogP contribution in [0.25, 0.3) is 0 Å². The first-order chi connectivity index (χ1) is 9.76. The first kappa shape index (κ1) is 16.4. The summed E-state index contributed by atoms with van der Waals surface area (Å²) in [6.45, 7) is 2.89. The van der Waals surface area contributed by atoms with Gasteiger partial charge in [-0.05, 0) is 51.3 Å². The van der Waals surface area contributed by atoms with Gasteiger partial charge in [0.15, 0.2) is 0 Å². The van der Waals surface area contributed by atoms with Crippen molar-refractivity contribution in [3.8, 4) is 5.75 Å². The highest BCUT2D eigenvalue weighted by molar-refractivity contribution is 5.69. The number of carbonyl (C=O) groups excluding carboxylic acids is 1. The number of aromatic nitrogens is 1. The van der Waals surface area contributed by atoms with Crippen LogP contribution in [-0.4, -0.2) is 30.2 Å². The largest absolute Gasteiger partial charge is 0.489 e. The summed E-state index contributed by atoms with van der Waals surface area (Å²) in [6, 6.07) is 3.72. The molecule has 112 valence electrons. The van der Waals surface area contributed by atoms with E-state index in [2.05, 4.69) is 4.98 Å². The van der Waals surface area contributed by atoms with Crippen LogP contribution >= 0.6 is 0 Å². The molecule has 1 aromatic rings. The molecule has 0 saturated carbocycles. The van der Waals surface area contributed by atoms with Crippen LogP contribution < -0.4 is 10.5 Å². The molecule has 0 aromatic carbocycles. The molecule has 1 rings (SSSR count). The van der Waals surface area contributed by atoms with E-state index in [1.165, 1.54) is 0 Å². The zero-order chi connectivity index (χ0) is 14.6. The van der Waals surface area contributed by atoms with Gasteiger partial charge in [-0.25, -0.2) is 0 Å². The molecule has 1 atom stereocenters. The lowest BCUT2D eigenvalue weighted by Gasteiger charge is -2.18. The lowest BCUT2D eigenvalue weighted by atomic mass is 10.1. The molecule has 20 heavy (non-hydrogen) atoms. The maximum atomic E-state index is 11.3. The van der Waals surface area contributed by atoms with E-state index in [0.29, 0.717) is 19.6 Å². The second kappa shape index (κ2) is 10.2. The van der Waals surface area contributed by atoms with Crippen molar-refractivity contribution in [2.24, 2.45) is 5.73 Å². The van der Waals surface area contributed by atoms with Crippen molar-refractivity contribution in [3.63, 3.8) is 0 Å². The summed E-state index contributed by atoms with van der Waals surface area (Å²) in [6.07, 6.45) is 7.27. The van der Waals surface area contributed by atoms with Gasteiger partial charge in [0.2, 0.25) is 0 Å². The fraction of sp³-hybridized carbons (Fsp3) is 0.600. The standard InChI is InChI=1S/C15H24N2O3/c1-2-19-15(18)9-3-6-13(7-4-10-16)20-14-8-5-11-17-12-14/h5,8,11-13H,2-4,6-7,9-10,16H2,1H3. The van der Waals surface area contributed by atoms with Gasteiger partial charge in [0.25, 0.3) is 0 Å². The Bertz CT molecular complexity index is 371. The monoisotopic (exact) mass is 280 g/mol. The SMILES string of the molecule is CCOC(=O)CCCC(CCCN)Oc1cccnc1. The van der Waals surface area contributed by atoms with Crippen LogP contribution in [0.4, 0.5) is 0 Å². The van der Waals surface area contributed by atoms with E-state index in [4.69, 9.17) is 15.2 Å². The highest BCUT2D eigenvalue weighted by atomic mass is 16.5. The smallest absolute Gasteiger partial charge is 0.305 e. The molecule has 0 saturated heterocycles. The number of carbonyl (C=O) groups is 1. The lowest BCUT2D eigenvalue weighted by molar-refractivity contribution is -0.143. The van der Waals surface area contributed by atoms with Crippen molar-refractivity contribution in [3.05, 3.63) is 24.5 Å². The van der Waals surface area contributed by atoms with Crippen molar-refractivity contribution in [2.45, 2.75) is 45.1 Å². The fourth-order valence-electron chi connectivity index (χ4n) is 1.92.